The average molecular weight is 273 g/mol. The first-order chi connectivity index (χ1) is 9.71. The summed E-state index contributed by atoms with van der Waals surface area (Å²) in [6.45, 7) is 10.0. The number of aliphatic hydroxyl groups is 1. The lowest BCUT2D eigenvalue weighted by atomic mass is 10.1. The average Bonchev–Trinajstić information content (AvgIpc) is 2.48. The predicted octanol–water partition coefficient (Wildman–Crippen LogP) is 3.29. The lowest BCUT2D eigenvalue weighted by Gasteiger charge is -2.24. The fourth-order valence-electron chi connectivity index (χ4n) is 2.11. The molecule has 0 saturated heterocycles. The van der Waals surface area contributed by atoms with Gasteiger partial charge in [-0.2, -0.15) is 0 Å². The fraction of sp³-hybridized carbons (Fsp3) is 0.556. The van der Waals surface area contributed by atoms with Gasteiger partial charge in [0, 0.05) is 25.1 Å². The van der Waals surface area contributed by atoms with Gasteiger partial charge in [0.25, 0.3) is 0 Å². The van der Waals surface area contributed by atoms with Crippen LogP contribution in [0.2, 0.25) is 0 Å². The van der Waals surface area contributed by atoms with Gasteiger partial charge in [-0.15, -0.1) is 0 Å². The normalized spacial score (nSPS) is 12.1. The van der Waals surface area contributed by atoms with Crippen LogP contribution in [-0.2, 0) is 6.54 Å². The maximum atomic E-state index is 8.81. The van der Waals surface area contributed by atoms with Crippen LogP contribution in [0.3, 0.4) is 0 Å². The summed E-state index contributed by atoms with van der Waals surface area (Å²) in [6.07, 6.45) is 1.76. The molecule has 0 aliphatic carbocycles. The molecular weight excluding hydrogens is 246 g/mol. The van der Waals surface area contributed by atoms with E-state index < -0.39 is 0 Å². The smallest absolute Gasteiger partial charge is 0.0540 e. The van der Waals surface area contributed by atoms with Gasteiger partial charge in [0.1, 0.15) is 0 Å². The Morgan fingerprint density at radius 1 is 1.25 bits per heavy atom. The van der Waals surface area contributed by atoms with Gasteiger partial charge in [-0.05, 0) is 24.1 Å². The van der Waals surface area contributed by atoms with E-state index in [1.54, 1.807) is 0 Å². The second-order valence-corrected chi connectivity index (χ2v) is 5.27. The zero-order valence-corrected chi connectivity index (χ0v) is 13.0. The summed E-state index contributed by atoms with van der Waals surface area (Å²) < 4.78 is 0. The number of rotatable bonds is 7. The molecule has 1 rings (SSSR count). The van der Waals surface area contributed by atoms with Crippen molar-refractivity contribution in [1.82, 2.24) is 4.90 Å². The molecule has 0 bridgehead atoms. The summed E-state index contributed by atoms with van der Waals surface area (Å²) in [6, 6.07) is 8.32. The number of hydrogen-bond donors (Lipinski definition) is 1. The van der Waals surface area contributed by atoms with Gasteiger partial charge in [-0.1, -0.05) is 57.2 Å². The molecule has 110 valence electrons. The summed E-state index contributed by atoms with van der Waals surface area (Å²) >= 11 is 0. The Labute approximate surface area is 123 Å². The lowest BCUT2D eigenvalue weighted by molar-refractivity contribution is 0.238. The topological polar surface area (TPSA) is 23.5 Å². The minimum absolute atomic E-state index is 0.129. The molecule has 2 nitrogen and oxygen atoms in total. The Morgan fingerprint density at radius 3 is 2.65 bits per heavy atom. The highest BCUT2D eigenvalue weighted by atomic mass is 16.2. The molecule has 0 radical (unpaired) electrons. The molecule has 0 spiro atoms. The summed E-state index contributed by atoms with van der Waals surface area (Å²) in [4.78, 5) is 2.47. The molecule has 1 N–H and O–H groups in total. The quantitative estimate of drug-likeness (QED) is 0.771. The Morgan fingerprint density at radius 2 is 2.00 bits per heavy atom. The molecule has 1 aromatic rings. The SMILES string of the molecule is CCC(C)CN(CC)Cc1ccccc1C#CCCO. The van der Waals surface area contributed by atoms with Crippen molar-refractivity contribution in [3.8, 4) is 11.8 Å². The third-order valence-electron chi connectivity index (χ3n) is 3.59. The first-order valence-electron chi connectivity index (χ1n) is 7.61. The van der Waals surface area contributed by atoms with Crippen LogP contribution in [0, 0.1) is 17.8 Å². The van der Waals surface area contributed by atoms with Gasteiger partial charge in [0.2, 0.25) is 0 Å². The minimum Gasteiger partial charge on any atom is -0.395 e. The second-order valence-electron chi connectivity index (χ2n) is 5.27. The third kappa shape index (κ3) is 5.77. The fourth-order valence-corrected chi connectivity index (χ4v) is 2.11. The Bertz CT molecular complexity index is 444. The van der Waals surface area contributed by atoms with Crippen LogP contribution in [0.15, 0.2) is 24.3 Å². The molecule has 0 fully saturated rings. The van der Waals surface area contributed by atoms with E-state index in [1.165, 1.54) is 12.0 Å². The molecular formula is C18H27NO. The highest BCUT2D eigenvalue weighted by Crippen LogP contribution is 2.13. The van der Waals surface area contributed by atoms with Crippen molar-refractivity contribution in [2.75, 3.05) is 19.7 Å². The van der Waals surface area contributed by atoms with Crippen LogP contribution in [0.5, 0.6) is 0 Å². The van der Waals surface area contributed by atoms with Crippen molar-refractivity contribution >= 4 is 0 Å². The van der Waals surface area contributed by atoms with E-state index in [9.17, 15) is 0 Å². The standard InChI is InChI=1S/C18H27NO/c1-4-16(3)14-19(5-2)15-18-12-7-6-10-17(18)11-8-9-13-20/h6-7,10,12,16,20H,4-5,9,13-15H2,1-3H3. The maximum absolute atomic E-state index is 8.81. The van der Waals surface area contributed by atoms with Crippen molar-refractivity contribution in [1.29, 1.82) is 0 Å². The van der Waals surface area contributed by atoms with E-state index in [0.29, 0.717) is 6.42 Å². The second kappa shape index (κ2) is 9.58. The Balaban J connectivity index is 2.77. The number of benzene rings is 1. The van der Waals surface area contributed by atoms with Crippen LogP contribution in [0.25, 0.3) is 0 Å². The maximum Gasteiger partial charge on any atom is 0.0540 e. The Hall–Kier alpha value is -1.30. The summed E-state index contributed by atoms with van der Waals surface area (Å²) in [7, 11) is 0. The lowest BCUT2D eigenvalue weighted by Crippen LogP contribution is -2.28. The van der Waals surface area contributed by atoms with Crippen LogP contribution in [0.1, 0.15) is 44.7 Å². The highest BCUT2D eigenvalue weighted by Gasteiger charge is 2.09. The number of aliphatic hydroxyl groups excluding tert-OH is 1. The molecule has 1 unspecified atom stereocenters. The molecule has 20 heavy (non-hydrogen) atoms. The molecule has 2 heteroatoms. The molecule has 1 aromatic carbocycles. The van der Waals surface area contributed by atoms with E-state index in [-0.39, 0.29) is 6.61 Å². The number of nitrogens with zero attached hydrogens (tertiary/aromatic N) is 1. The molecule has 1 atom stereocenters. The molecule has 0 aromatic heterocycles. The van der Waals surface area contributed by atoms with E-state index >= 15 is 0 Å². The monoisotopic (exact) mass is 273 g/mol. The van der Waals surface area contributed by atoms with Gasteiger partial charge in [0.15, 0.2) is 0 Å². The van der Waals surface area contributed by atoms with Crippen LogP contribution in [0.4, 0.5) is 0 Å². The van der Waals surface area contributed by atoms with Gasteiger partial charge < -0.3 is 5.11 Å². The van der Waals surface area contributed by atoms with E-state index in [2.05, 4.69) is 55.7 Å². The van der Waals surface area contributed by atoms with Crippen LogP contribution >= 0.6 is 0 Å². The van der Waals surface area contributed by atoms with Crippen molar-refractivity contribution in [3.63, 3.8) is 0 Å². The molecule has 0 amide bonds. The highest BCUT2D eigenvalue weighted by molar-refractivity contribution is 5.41. The van der Waals surface area contributed by atoms with Crippen LogP contribution < -0.4 is 0 Å². The first-order valence-corrected chi connectivity index (χ1v) is 7.61. The summed E-state index contributed by atoms with van der Waals surface area (Å²) in [5.74, 6) is 6.92. The summed E-state index contributed by atoms with van der Waals surface area (Å²) in [5.41, 5.74) is 2.37. The summed E-state index contributed by atoms with van der Waals surface area (Å²) in [5, 5.41) is 8.81. The predicted molar refractivity (Wildman–Crippen MR) is 85.4 cm³/mol. The number of hydrogen-bond acceptors (Lipinski definition) is 2. The molecule has 0 saturated carbocycles. The molecule has 0 aliphatic heterocycles. The van der Waals surface area contributed by atoms with Crippen molar-refractivity contribution in [3.05, 3.63) is 35.4 Å². The van der Waals surface area contributed by atoms with Gasteiger partial charge in [0.05, 0.1) is 6.61 Å². The minimum atomic E-state index is 0.129. The van der Waals surface area contributed by atoms with Gasteiger partial charge in [-0.25, -0.2) is 0 Å². The van der Waals surface area contributed by atoms with Crippen LogP contribution in [-0.4, -0.2) is 29.7 Å². The first kappa shape index (κ1) is 16.8. The zero-order valence-electron chi connectivity index (χ0n) is 13.0. The molecule has 0 aliphatic rings. The van der Waals surface area contributed by atoms with Gasteiger partial charge >= 0.3 is 0 Å². The zero-order chi connectivity index (χ0) is 14.8. The van der Waals surface area contributed by atoms with E-state index in [1.807, 2.05) is 6.07 Å². The Kier molecular flexibility index (Phi) is 8.02. The van der Waals surface area contributed by atoms with E-state index in [4.69, 9.17) is 5.11 Å². The molecule has 0 heterocycles. The van der Waals surface area contributed by atoms with Crippen molar-refractivity contribution in [2.24, 2.45) is 5.92 Å². The largest absolute Gasteiger partial charge is 0.395 e. The van der Waals surface area contributed by atoms with Crippen molar-refractivity contribution in [2.45, 2.75) is 40.2 Å². The van der Waals surface area contributed by atoms with Crippen molar-refractivity contribution < 1.29 is 5.11 Å². The van der Waals surface area contributed by atoms with E-state index in [0.717, 1.165) is 31.1 Å². The third-order valence-corrected chi connectivity index (χ3v) is 3.59. The van der Waals surface area contributed by atoms with Gasteiger partial charge in [-0.3, -0.25) is 4.90 Å².